The van der Waals surface area contributed by atoms with E-state index in [1.165, 1.54) is 12.8 Å². The van der Waals surface area contributed by atoms with Crippen molar-refractivity contribution in [2.24, 2.45) is 0 Å². The van der Waals surface area contributed by atoms with Crippen LogP contribution in [0.5, 0.6) is 0 Å². The van der Waals surface area contributed by atoms with Gasteiger partial charge in [0.2, 0.25) is 9.70 Å². The number of carbonyl (C=O) groups excluding carboxylic acids is 1. The van der Waals surface area contributed by atoms with E-state index in [4.69, 9.17) is 34.8 Å². The number of alkyl halides is 3. The van der Waals surface area contributed by atoms with Crippen molar-refractivity contribution in [1.29, 1.82) is 0 Å². The van der Waals surface area contributed by atoms with Gasteiger partial charge in [-0.1, -0.05) is 97.7 Å². The first-order chi connectivity index (χ1) is 10.9. The van der Waals surface area contributed by atoms with Gasteiger partial charge in [0.25, 0.3) is 0 Å². The molecule has 0 aliphatic rings. The Morgan fingerprint density at radius 1 is 1.09 bits per heavy atom. The number of amides is 1. The van der Waals surface area contributed by atoms with Gasteiger partial charge in [-0.2, -0.15) is 0 Å². The Bertz CT molecular complexity index is 449. The number of hydrogen-bond donors (Lipinski definition) is 2. The molecule has 0 fully saturated rings. The lowest BCUT2D eigenvalue weighted by atomic mass is 10.1. The van der Waals surface area contributed by atoms with Crippen molar-refractivity contribution in [3.8, 4) is 0 Å². The van der Waals surface area contributed by atoms with Crippen molar-refractivity contribution < 1.29 is 4.79 Å². The average molecular weight is 380 g/mol. The van der Waals surface area contributed by atoms with Crippen LogP contribution in [0.3, 0.4) is 0 Å². The van der Waals surface area contributed by atoms with Gasteiger partial charge < -0.3 is 5.32 Å². The molecule has 6 heteroatoms. The SMILES string of the molecule is CCCCCCCC(=O)N[C@H](NCc1ccccc1)C(Cl)(Cl)Cl. The summed E-state index contributed by atoms with van der Waals surface area (Å²) in [5.74, 6) is -0.0987. The van der Waals surface area contributed by atoms with E-state index >= 15 is 0 Å². The Morgan fingerprint density at radius 2 is 1.74 bits per heavy atom. The van der Waals surface area contributed by atoms with Crippen LogP contribution in [0.15, 0.2) is 30.3 Å². The highest BCUT2D eigenvalue weighted by atomic mass is 35.6. The van der Waals surface area contributed by atoms with Crippen LogP contribution in [0, 0.1) is 0 Å². The molecule has 23 heavy (non-hydrogen) atoms. The summed E-state index contributed by atoms with van der Waals surface area (Å²) in [6, 6.07) is 9.76. The van der Waals surface area contributed by atoms with Crippen LogP contribution in [0.1, 0.15) is 51.0 Å². The molecule has 1 atom stereocenters. The molecule has 0 saturated heterocycles. The normalized spacial score (nSPS) is 12.9. The first-order valence-electron chi connectivity index (χ1n) is 8.07. The van der Waals surface area contributed by atoms with Gasteiger partial charge in [-0.15, -0.1) is 0 Å². The highest BCUT2D eigenvalue weighted by Crippen LogP contribution is 2.29. The van der Waals surface area contributed by atoms with E-state index < -0.39 is 9.96 Å². The van der Waals surface area contributed by atoms with Gasteiger partial charge in [0.05, 0.1) is 0 Å². The molecule has 0 aromatic heterocycles. The van der Waals surface area contributed by atoms with E-state index in [2.05, 4.69) is 17.6 Å². The first kappa shape index (κ1) is 20.6. The zero-order valence-electron chi connectivity index (χ0n) is 13.5. The minimum Gasteiger partial charge on any atom is -0.337 e. The van der Waals surface area contributed by atoms with E-state index in [-0.39, 0.29) is 5.91 Å². The quantitative estimate of drug-likeness (QED) is 0.343. The lowest BCUT2D eigenvalue weighted by Crippen LogP contribution is -2.53. The lowest BCUT2D eigenvalue weighted by molar-refractivity contribution is -0.122. The van der Waals surface area contributed by atoms with Gasteiger partial charge in [-0.05, 0) is 12.0 Å². The van der Waals surface area contributed by atoms with Crippen molar-refractivity contribution in [2.45, 2.75) is 62.0 Å². The van der Waals surface area contributed by atoms with Gasteiger partial charge in [0, 0.05) is 13.0 Å². The topological polar surface area (TPSA) is 41.1 Å². The summed E-state index contributed by atoms with van der Waals surface area (Å²) < 4.78 is -1.60. The Kier molecular flexibility index (Phi) is 9.96. The largest absolute Gasteiger partial charge is 0.337 e. The molecule has 130 valence electrons. The molecule has 1 aromatic carbocycles. The van der Waals surface area contributed by atoms with Crippen LogP contribution < -0.4 is 10.6 Å². The summed E-state index contributed by atoms with van der Waals surface area (Å²) in [5.41, 5.74) is 1.06. The Labute approximate surface area is 154 Å². The Morgan fingerprint density at radius 3 is 2.35 bits per heavy atom. The summed E-state index contributed by atoms with van der Waals surface area (Å²) in [5, 5.41) is 5.86. The fourth-order valence-electron chi connectivity index (χ4n) is 2.19. The van der Waals surface area contributed by atoms with Crippen molar-refractivity contribution in [1.82, 2.24) is 10.6 Å². The number of unbranched alkanes of at least 4 members (excludes halogenated alkanes) is 4. The molecule has 0 radical (unpaired) electrons. The number of benzene rings is 1. The molecular weight excluding hydrogens is 355 g/mol. The average Bonchev–Trinajstić information content (AvgIpc) is 2.51. The smallest absolute Gasteiger partial charge is 0.223 e. The molecule has 0 heterocycles. The monoisotopic (exact) mass is 378 g/mol. The molecule has 1 aromatic rings. The fourth-order valence-corrected chi connectivity index (χ4v) is 2.58. The first-order valence-corrected chi connectivity index (χ1v) is 9.20. The van der Waals surface area contributed by atoms with Gasteiger partial charge in [-0.25, -0.2) is 0 Å². The minimum absolute atomic E-state index is 0.0987. The van der Waals surface area contributed by atoms with Crippen LogP contribution in [0.4, 0.5) is 0 Å². The molecule has 0 unspecified atom stereocenters. The minimum atomic E-state index is -1.60. The third kappa shape index (κ3) is 9.41. The summed E-state index contributed by atoms with van der Waals surface area (Å²) >= 11 is 17.9. The van der Waals surface area contributed by atoms with Crippen LogP contribution in [-0.2, 0) is 11.3 Å². The molecular formula is C17H25Cl3N2O. The van der Waals surface area contributed by atoms with Crippen LogP contribution >= 0.6 is 34.8 Å². The van der Waals surface area contributed by atoms with Gasteiger partial charge in [-0.3, -0.25) is 10.1 Å². The van der Waals surface area contributed by atoms with Crippen LogP contribution in [-0.4, -0.2) is 15.9 Å². The molecule has 0 spiro atoms. The lowest BCUT2D eigenvalue weighted by Gasteiger charge is -2.26. The zero-order chi connectivity index (χ0) is 17.1. The predicted octanol–water partition coefficient (Wildman–Crippen LogP) is 4.95. The third-order valence-electron chi connectivity index (χ3n) is 3.49. The highest BCUT2D eigenvalue weighted by molar-refractivity contribution is 6.68. The number of rotatable bonds is 10. The Balaban J connectivity index is 2.40. The number of carbonyl (C=O) groups is 1. The van der Waals surface area contributed by atoms with Crippen molar-refractivity contribution >= 4 is 40.7 Å². The van der Waals surface area contributed by atoms with Crippen molar-refractivity contribution in [3.63, 3.8) is 0 Å². The van der Waals surface area contributed by atoms with Crippen molar-refractivity contribution in [3.05, 3.63) is 35.9 Å². The maximum absolute atomic E-state index is 12.0. The van der Waals surface area contributed by atoms with E-state index in [1.54, 1.807) is 0 Å². The number of hydrogen-bond acceptors (Lipinski definition) is 2. The van der Waals surface area contributed by atoms with E-state index in [0.717, 1.165) is 24.8 Å². The van der Waals surface area contributed by atoms with E-state index in [9.17, 15) is 4.79 Å². The molecule has 0 bridgehead atoms. The Hall–Kier alpha value is -0.480. The molecule has 0 aliphatic carbocycles. The fraction of sp³-hybridized carbons (Fsp3) is 0.588. The second-order valence-corrected chi connectivity index (χ2v) is 7.94. The zero-order valence-corrected chi connectivity index (χ0v) is 15.7. The van der Waals surface area contributed by atoms with Crippen LogP contribution in [0.25, 0.3) is 0 Å². The van der Waals surface area contributed by atoms with E-state index in [0.29, 0.717) is 13.0 Å². The number of nitrogens with one attached hydrogen (secondary N) is 2. The molecule has 2 N–H and O–H groups in total. The summed E-state index contributed by atoms with van der Waals surface area (Å²) in [6.45, 7) is 2.67. The molecule has 1 rings (SSSR count). The second kappa shape index (κ2) is 11.1. The van der Waals surface area contributed by atoms with Crippen molar-refractivity contribution in [2.75, 3.05) is 0 Å². The van der Waals surface area contributed by atoms with Gasteiger partial charge in [0.15, 0.2) is 0 Å². The molecule has 1 amide bonds. The summed E-state index contributed by atoms with van der Waals surface area (Å²) in [6.07, 6.45) is 5.18. The number of halogens is 3. The maximum Gasteiger partial charge on any atom is 0.223 e. The molecule has 0 aliphatic heterocycles. The van der Waals surface area contributed by atoms with Crippen LogP contribution in [0.2, 0.25) is 0 Å². The van der Waals surface area contributed by atoms with Gasteiger partial charge >= 0.3 is 0 Å². The maximum atomic E-state index is 12.0. The third-order valence-corrected chi connectivity index (χ3v) is 4.15. The second-order valence-electron chi connectivity index (χ2n) is 5.57. The standard InChI is InChI=1S/C17H25Cl3N2O/c1-2-3-4-5-9-12-15(23)22-16(17(18,19)20)21-13-14-10-7-6-8-11-14/h6-8,10-11,16,21H,2-5,9,12-13H2,1H3,(H,22,23)/t16-/m0/s1. The summed E-state index contributed by atoms with van der Waals surface area (Å²) in [4.78, 5) is 12.0. The predicted molar refractivity (Wildman–Crippen MR) is 98.9 cm³/mol. The van der Waals surface area contributed by atoms with E-state index in [1.807, 2.05) is 30.3 Å². The highest BCUT2D eigenvalue weighted by Gasteiger charge is 2.33. The summed E-state index contributed by atoms with van der Waals surface area (Å²) in [7, 11) is 0. The molecule has 3 nitrogen and oxygen atoms in total. The van der Waals surface area contributed by atoms with Gasteiger partial charge in [0.1, 0.15) is 6.17 Å². The molecule has 0 saturated carbocycles.